The van der Waals surface area contributed by atoms with Gasteiger partial charge in [-0.25, -0.2) is 0 Å². The van der Waals surface area contributed by atoms with Crippen LogP contribution in [0, 0.1) is 6.92 Å². The van der Waals surface area contributed by atoms with Crippen LogP contribution in [0.15, 0.2) is 42.5 Å². The number of rotatable bonds is 3. The van der Waals surface area contributed by atoms with Crippen molar-refractivity contribution in [3.05, 3.63) is 53.6 Å². The Morgan fingerprint density at radius 2 is 1.78 bits per heavy atom. The van der Waals surface area contributed by atoms with Crippen LogP contribution in [0.4, 0.5) is 5.69 Å². The van der Waals surface area contributed by atoms with Crippen LogP contribution in [-0.2, 0) is 0 Å². The molecule has 0 aliphatic carbocycles. The van der Waals surface area contributed by atoms with E-state index in [0.29, 0.717) is 17.0 Å². The molecule has 0 radical (unpaired) electrons. The van der Waals surface area contributed by atoms with E-state index in [0.717, 1.165) is 5.75 Å². The topological polar surface area (TPSA) is 52.3 Å². The quantitative estimate of drug-likeness (QED) is 0.660. The first-order chi connectivity index (χ1) is 8.56. The molecule has 0 spiro atoms. The molecule has 2 rings (SSSR count). The summed E-state index contributed by atoms with van der Waals surface area (Å²) in [4.78, 5) is 11.2. The van der Waals surface area contributed by atoms with Crippen LogP contribution >= 0.6 is 0 Å². The average molecular weight is 241 g/mol. The molecule has 92 valence electrons. The van der Waals surface area contributed by atoms with Gasteiger partial charge in [0.25, 0.3) is 0 Å². The van der Waals surface area contributed by atoms with Crippen molar-refractivity contribution in [1.29, 1.82) is 0 Å². The van der Waals surface area contributed by atoms with E-state index in [-0.39, 0.29) is 5.78 Å². The molecule has 0 aliphatic rings. The van der Waals surface area contributed by atoms with Crippen molar-refractivity contribution in [2.45, 2.75) is 13.8 Å². The van der Waals surface area contributed by atoms with Gasteiger partial charge >= 0.3 is 0 Å². The minimum absolute atomic E-state index is 0.0106. The number of carbonyl (C=O) groups is 1. The minimum Gasteiger partial charge on any atom is -0.455 e. The van der Waals surface area contributed by atoms with Crippen molar-refractivity contribution < 1.29 is 9.53 Å². The fourth-order valence-electron chi connectivity index (χ4n) is 1.59. The summed E-state index contributed by atoms with van der Waals surface area (Å²) >= 11 is 0. The summed E-state index contributed by atoms with van der Waals surface area (Å²) in [6.45, 7) is 3.52. The van der Waals surface area contributed by atoms with Crippen LogP contribution in [0.1, 0.15) is 22.8 Å². The van der Waals surface area contributed by atoms with Crippen molar-refractivity contribution in [2.75, 3.05) is 5.73 Å². The van der Waals surface area contributed by atoms with Crippen LogP contribution in [0.25, 0.3) is 0 Å². The number of carbonyl (C=O) groups excluding carboxylic acids is 1. The molecular weight excluding hydrogens is 226 g/mol. The van der Waals surface area contributed by atoms with E-state index in [4.69, 9.17) is 10.5 Å². The summed E-state index contributed by atoms with van der Waals surface area (Å²) in [7, 11) is 0. The Balaban J connectivity index is 2.24. The van der Waals surface area contributed by atoms with E-state index in [9.17, 15) is 4.79 Å². The number of aryl methyl sites for hydroxylation is 1. The Morgan fingerprint density at radius 1 is 1.11 bits per heavy atom. The lowest BCUT2D eigenvalue weighted by Gasteiger charge is -2.09. The van der Waals surface area contributed by atoms with Gasteiger partial charge in [0.1, 0.15) is 11.5 Å². The predicted octanol–water partition coefficient (Wildman–Crippen LogP) is 3.57. The number of ketones is 1. The molecule has 0 atom stereocenters. The van der Waals surface area contributed by atoms with Gasteiger partial charge in [0.2, 0.25) is 0 Å². The fraction of sp³-hybridized carbons (Fsp3) is 0.133. The maximum absolute atomic E-state index is 11.2. The molecule has 0 aliphatic heterocycles. The molecule has 0 amide bonds. The van der Waals surface area contributed by atoms with E-state index in [2.05, 4.69) is 0 Å². The van der Waals surface area contributed by atoms with Crippen molar-refractivity contribution in [1.82, 2.24) is 0 Å². The number of Topliss-reactive ketones (excluding diaryl/α,β-unsaturated/α-hetero) is 1. The molecule has 0 unspecified atom stereocenters. The van der Waals surface area contributed by atoms with Gasteiger partial charge in [-0.1, -0.05) is 17.7 Å². The van der Waals surface area contributed by atoms with Gasteiger partial charge in [-0.15, -0.1) is 0 Å². The van der Waals surface area contributed by atoms with Crippen LogP contribution in [0.2, 0.25) is 0 Å². The van der Waals surface area contributed by atoms with Gasteiger partial charge in [-0.05, 0) is 44.2 Å². The van der Waals surface area contributed by atoms with Crippen LogP contribution in [0.5, 0.6) is 11.5 Å². The molecule has 0 bridgehead atoms. The van der Waals surface area contributed by atoms with Gasteiger partial charge in [-0.3, -0.25) is 4.79 Å². The highest BCUT2D eigenvalue weighted by atomic mass is 16.5. The second kappa shape index (κ2) is 4.92. The molecule has 2 aromatic carbocycles. The minimum atomic E-state index is -0.0106. The molecule has 0 saturated heterocycles. The molecule has 3 nitrogen and oxygen atoms in total. The molecule has 0 fully saturated rings. The van der Waals surface area contributed by atoms with Crippen molar-refractivity contribution >= 4 is 11.5 Å². The number of nitrogen functional groups attached to an aromatic ring is 1. The summed E-state index contributed by atoms with van der Waals surface area (Å²) in [6.07, 6.45) is 0. The third kappa shape index (κ3) is 2.69. The fourth-order valence-corrected chi connectivity index (χ4v) is 1.59. The normalized spacial score (nSPS) is 10.1. The first-order valence-electron chi connectivity index (χ1n) is 5.71. The highest BCUT2D eigenvalue weighted by Gasteiger charge is 2.06. The zero-order valence-corrected chi connectivity index (χ0v) is 10.4. The lowest BCUT2D eigenvalue weighted by molar-refractivity contribution is 0.101. The van der Waals surface area contributed by atoms with E-state index in [1.807, 2.05) is 31.2 Å². The zero-order chi connectivity index (χ0) is 13.1. The number of hydrogen-bond donors (Lipinski definition) is 1. The standard InChI is InChI=1S/C15H15NO2/c1-10-3-6-13(7-4-10)18-15-8-5-12(11(2)17)9-14(15)16/h3-9H,16H2,1-2H3. The average Bonchev–Trinajstić information content (AvgIpc) is 2.34. The molecule has 18 heavy (non-hydrogen) atoms. The Labute approximate surface area is 106 Å². The van der Waals surface area contributed by atoms with E-state index in [1.165, 1.54) is 12.5 Å². The van der Waals surface area contributed by atoms with Crippen LogP contribution in [-0.4, -0.2) is 5.78 Å². The van der Waals surface area contributed by atoms with Crippen molar-refractivity contribution in [2.24, 2.45) is 0 Å². The summed E-state index contributed by atoms with van der Waals surface area (Å²) in [5, 5.41) is 0. The number of hydrogen-bond acceptors (Lipinski definition) is 3. The summed E-state index contributed by atoms with van der Waals surface area (Å²) in [5.41, 5.74) is 8.08. The molecule has 0 heterocycles. The molecule has 2 aromatic rings. The Kier molecular flexibility index (Phi) is 3.33. The SMILES string of the molecule is CC(=O)c1ccc(Oc2ccc(C)cc2)c(N)c1. The Hall–Kier alpha value is -2.29. The highest BCUT2D eigenvalue weighted by molar-refractivity contribution is 5.95. The Bertz CT molecular complexity index is 574. The van der Waals surface area contributed by atoms with Gasteiger partial charge in [0.05, 0.1) is 5.69 Å². The van der Waals surface area contributed by atoms with E-state index < -0.39 is 0 Å². The third-order valence-corrected chi connectivity index (χ3v) is 2.67. The Morgan fingerprint density at radius 3 is 2.33 bits per heavy atom. The summed E-state index contributed by atoms with van der Waals surface area (Å²) in [6, 6.07) is 12.8. The summed E-state index contributed by atoms with van der Waals surface area (Å²) < 4.78 is 5.66. The van der Waals surface area contributed by atoms with Crippen molar-refractivity contribution in [3.63, 3.8) is 0 Å². The maximum Gasteiger partial charge on any atom is 0.159 e. The second-order valence-corrected chi connectivity index (χ2v) is 4.22. The maximum atomic E-state index is 11.2. The first-order valence-corrected chi connectivity index (χ1v) is 5.71. The number of nitrogens with two attached hydrogens (primary N) is 1. The first kappa shape index (κ1) is 12.2. The molecule has 2 N–H and O–H groups in total. The highest BCUT2D eigenvalue weighted by Crippen LogP contribution is 2.28. The van der Waals surface area contributed by atoms with Gasteiger partial charge in [0, 0.05) is 5.56 Å². The molecule has 3 heteroatoms. The number of benzene rings is 2. The van der Waals surface area contributed by atoms with Crippen LogP contribution in [0.3, 0.4) is 0 Å². The van der Waals surface area contributed by atoms with Gasteiger partial charge in [-0.2, -0.15) is 0 Å². The third-order valence-electron chi connectivity index (χ3n) is 2.67. The molecule has 0 saturated carbocycles. The molecule has 0 aromatic heterocycles. The predicted molar refractivity (Wildman–Crippen MR) is 72.1 cm³/mol. The zero-order valence-electron chi connectivity index (χ0n) is 10.4. The van der Waals surface area contributed by atoms with Gasteiger partial charge in [0.15, 0.2) is 5.78 Å². The van der Waals surface area contributed by atoms with E-state index >= 15 is 0 Å². The van der Waals surface area contributed by atoms with Crippen molar-refractivity contribution in [3.8, 4) is 11.5 Å². The van der Waals surface area contributed by atoms with Gasteiger partial charge < -0.3 is 10.5 Å². The lowest BCUT2D eigenvalue weighted by Crippen LogP contribution is -1.97. The monoisotopic (exact) mass is 241 g/mol. The number of ether oxygens (including phenoxy) is 1. The van der Waals surface area contributed by atoms with E-state index in [1.54, 1.807) is 18.2 Å². The summed E-state index contributed by atoms with van der Waals surface area (Å²) in [5.74, 6) is 1.27. The largest absolute Gasteiger partial charge is 0.455 e. The smallest absolute Gasteiger partial charge is 0.159 e. The second-order valence-electron chi connectivity index (χ2n) is 4.22. The van der Waals surface area contributed by atoms with Crippen LogP contribution < -0.4 is 10.5 Å². The number of anilines is 1. The molecular formula is C15H15NO2. The lowest BCUT2D eigenvalue weighted by atomic mass is 10.1.